The molecule has 1 amide bonds. The zero-order valence-electron chi connectivity index (χ0n) is 10.0. The summed E-state index contributed by atoms with van der Waals surface area (Å²) < 4.78 is 3.80. The van der Waals surface area contributed by atoms with Gasteiger partial charge in [0.15, 0.2) is 0 Å². The van der Waals surface area contributed by atoms with Gasteiger partial charge in [-0.2, -0.15) is 0 Å². The monoisotopic (exact) mass is 262 g/mol. The topological polar surface area (TPSA) is 80.9 Å². The van der Waals surface area contributed by atoms with Gasteiger partial charge in [-0.1, -0.05) is 29.6 Å². The SMILES string of the molecule is CCc1nnsc1C(=O)Nc1ccccc1CN. The molecule has 0 radical (unpaired) electrons. The molecular weight excluding hydrogens is 248 g/mol. The van der Waals surface area contributed by atoms with Crippen LogP contribution in [0.4, 0.5) is 5.69 Å². The molecule has 0 aliphatic heterocycles. The highest BCUT2D eigenvalue weighted by Gasteiger charge is 2.15. The van der Waals surface area contributed by atoms with Gasteiger partial charge in [-0.05, 0) is 29.6 Å². The Labute approximate surface area is 109 Å². The quantitative estimate of drug-likeness (QED) is 0.880. The minimum absolute atomic E-state index is 0.178. The first kappa shape index (κ1) is 12.7. The molecule has 5 nitrogen and oxygen atoms in total. The first-order valence-electron chi connectivity index (χ1n) is 5.66. The van der Waals surface area contributed by atoms with Crippen LogP contribution in [0.5, 0.6) is 0 Å². The van der Waals surface area contributed by atoms with E-state index in [0.29, 0.717) is 17.8 Å². The van der Waals surface area contributed by atoms with E-state index >= 15 is 0 Å². The number of nitrogens with zero attached hydrogens (tertiary/aromatic N) is 2. The van der Waals surface area contributed by atoms with E-state index in [-0.39, 0.29) is 5.91 Å². The molecule has 0 atom stereocenters. The molecular formula is C12H14N4OS. The maximum Gasteiger partial charge on any atom is 0.269 e. The van der Waals surface area contributed by atoms with Crippen LogP contribution in [0, 0.1) is 0 Å². The molecule has 0 spiro atoms. The Morgan fingerprint density at radius 3 is 2.94 bits per heavy atom. The number of nitrogens with one attached hydrogen (secondary N) is 1. The molecule has 0 unspecified atom stereocenters. The van der Waals surface area contributed by atoms with E-state index in [4.69, 9.17) is 5.73 Å². The van der Waals surface area contributed by atoms with E-state index in [2.05, 4.69) is 14.9 Å². The van der Waals surface area contributed by atoms with Gasteiger partial charge in [0.1, 0.15) is 4.88 Å². The van der Waals surface area contributed by atoms with Gasteiger partial charge in [-0.3, -0.25) is 4.79 Å². The van der Waals surface area contributed by atoms with E-state index in [1.54, 1.807) is 0 Å². The van der Waals surface area contributed by atoms with Crippen molar-refractivity contribution in [3.05, 3.63) is 40.4 Å². The van der Waals surface area contributed by atoms with Crippen molar-refractivity contribution < 1.29 is 4.79 Å². The van der Waals surface area contributed by atoms with Crippen molar-refractivity contribution in [1.29, 1.82) is 0 Å². The van der Waals surface area contributed by atoms with Gasteiger partial charge in [-0.25, -0.2) is 0 Å². The number of aryl methyl sites for hydroxylation is 1. The van der Waals surface area contributed by atoms with Crippen molar-refractivity contribution in [2.45, 2.75) is 19.9 Å². The maximum atomic E-state index is 12.1. The third kappa shape index (κ3) is 2.55. The average molecular weight is 262 g/mol. The fourth-order valence-electron chi connectivity index (χ4n) is 1.61. The highest BCUT2D eigenvalue weighted by atomic mass is 32.1. The molecule has 6 heteroatoms. The summed E-state index contributed by atoms with van der Waals surface area (Å²) in [6.45, 7) is 2.33. The van der Waals surface area contributed by atoms with Crippen LogP contribution in [-0.2, 0) is 13.0 Å². The number of anilines is 1. The van der Waals surface area contributed by atoms with Crippen molar-refractivity contribution in [2.75, 3.05) is 5.32 Å². The summed E-state index contributed by atoms with van der Waals surface area (Å²) in [5, 5.41) is 6.77. The van der Waals surface area contributed by atoms with Gasteiger partial charge in [0.05, 0.1) is 5.69 Å². The number of amides is 1. The third-order valence-corrected chi connectivity index (χ3v) is 3.35. The van der Waals surface area contributed by atoms with Crippen molar-refractivity contribution in [3.63, 3.8) is 0 Å². The van der Waals surface area contributed by atoms with Gasteiger partial charge >= 0.3 is 0 Å². The fraction of sp³-hybridized carbons (Fsp3) is 0.250. The predicted octanol–water partition coefficient (Wildman–Crippen LogP) is 1.81. The van der Waals surface area contributed by atoms with Crippen molar-refractivity contribution in [1.82, 2.24) is 9.59 Å². The first-order chi connectivity index (χ1) is 8.76. The molecule has 1 aromatic heterocycles. The van der Waals surface area contributed by atoms with E-state index in [1.807, 2.05) is 31.2 Å². The molecule has 2 aromatic rings. The summed E-state index contributed by atoms with van der Waals surface area (Å²) in [5.74, 6) is -0.178. The third-order valence-electron chi connectivity index (χ3n) is 2.58. The zero-order valence-corrected chi connectivity index (χ0v) is 10.8. The molecule has 0 aliphatic carbocycles. The van der Waals surface area contributed by atoms with E-state index < -0.39 is 0 Å². The second-order valence-electron chi connectivity index (χ2n) is 3.72. The number of rotatable bonds is 4. The van der Waals surface area contributed by atoms with Crippen LogP contribution >= 0.6 is 11.5 Å². The lowest BCUT2D eigenvalue weighted by Gasteiger charge is -2.08. The van der Waals surface area contributed by atoms with Crippen LogP contribution in [-0.4, -0.2) is 15.5 Å². The number of nitrogens with two attached hydrogens (primary N) is 1. The Hall–Kier alpha value is -1.79. The normalized spacial score (nSPS) is 10.3. The highest BCUT2D eigenvalue weighted by Crippen LogP contribution is 2.18. The predicted molar refractivity (Wildman–Crippen MR) is 71.6 cm³/mol. The van der Waals surface area contributed by atoms with Gasteiger partial charge in [0.25, 0.3) is 5.91 Å². The first-order valence-corrected chi connectivity index (χ1v) is 6.44. The summed E-state index contributed by atoms with van der Waals surface area (Å²) >= 11 is 1.11. The molecule has 0 bridgehead atoms. The second-order valence-corrected chi connectivity index (χ2v) is 4.47. The van der Waals surface area contributed by atoms with E-state index in [9.17, 15) is 4.79 Å². The van der Waals surface area contributed by atoms with Crippen LogP contribution in [0.1, 0.15) is 27.9 Å². The fourth-order valence-corrected chi connectivity index (χ4v) is 2.26. The lowest BCUT2D eigenvalue weighted by Crippen LogP contribution is -2.14. The van der Waals surface area contributed by atoms with E-state index in [0.717, 1.165) is 28.5 Å². The van der Waals surface area contributed by atoms with Crippen LogP contribution in [0.2, 0.25) is 0 Å². The Morgan fingerprint density at radius 1 is 1.44 bits per heavy atom. The molecule has 0 saturated heterocycles. The number of hydrogen-bond acceptors (Lipinski definition) is 5. The Kier molecular flexibility index (Phi) is 4.01. The van der Waals surface area contributed by atoms with Crippen molar-refractivity contribution >= 4 is 23.1 Å². The number of para-hydroxylation sites is 1. The number of hydrogen-bond donors (Lipinski definition) is 2. The van der Waals surface area contributed by atoms with Gasteiger partial charge in [0, 0.05) is 12.2 Å². The number of aromatic nitrogens is 2. The summed E-state index contributed by atoms with van der Waals surface area (Å²) in [5.41, 5.74) is 7.99. The van der Waals surface area contributed by atoms with Crippen LogP contribution in [0.3, 0.4) is 0 Å². The standard InChI is InChI=1S/C12H14N4OS/c1-2-9-11(18-16-15-9)12(17)14-10-6-4-3-5-8(10)7-13/h3-6H,2,7,13H2,1H3,(H,14,17). The van der Waals surface area contributed by atoms with Crippen LogP contribution in [0.15, 0.2) is 24.3 Å². The largest absolute Gasteiger partial charge is 0.326 e. The number of benzene rings is 1. The Balaban J connectivity index is 2.21. The molecule has 0 saturated carbocycles. The van der Waals surface area contributed by atoms with Gasteiger partial charge < -0.3 is 11.1 Å². The van der Waals surface area contributed by atoms with Crippen molar-refractivity contribution in [2.24, 2.45) is 5.73 Å². The molecule has 0 aliphatic rings. The zero-order chi connectivity index (χ0) is 13.0. The number of carbonyl (C=O) groups is 1. The Morgan fingerprint density at radius 2 is 2.22 bits per heavy atom. The van der Waals surface area contributed by atoms with Crippen LogP contribution < -0.4 is 11.1 Å². The average Bonchev–Trinajstić information content (AvgIpc) is 2.87. The minimum Gasteiger partial charge on any atom is -0.326 e. The smallest absolute Gasteiger partial charge is 0.269 e. The summed E-state index contributed by atoms with van der Waals surface area (Å²) in [4.78, 5) is 12.7. The Bertz CT molecular complexity index is 553. The lowest BCUT2D eigenvalue weighted by atomic mass is 10.1. The lowest BCUT2D eigenvalue weighted by molar-refractivity contribution is 0.102. The molecule has 0 fully saturated rings. The summed E-state index contributed by atoms with van der Waals surface area (Å²) in [7, 11) is 0. The molecule has 1 heterocycles. The summed E-state index contributed by atoms with van der Waals surface area (Å²) in [6, 6.07) is 7.48. The minimum atomic E-state index is -0.178. The van der Waals surface area contributed by atoms with Crippen LogP contribution in [0.25, 0.3) is 0 Å². The molecule has 94 valence electrons. The molecule has 3 N–H and O–H groups in total. The van der Waals surface area contributed by atoms with Gasteiger partial charge in [-0.15, -0.1) is 5.10 Å². The van der Waals surface area contributed by atoms with E-state index in [1.165, 1.54) is 0 Å². The second kappa shape index (κ2) is 5.70. The molecule has 2 rings (SSSR count). The maximum absolute atomic E-state index is 12.1. The highest BCUT2D eigenvalue weighted by molar-refractivity contribution is 7.08. The summed E-state index contributed by atoms with van der Waals surface area (Å²) in [6.07, 6.45) is 0.692. The van der Waals surface area contributed by atoms with Crippen molar-refractivity contribution in [3.8, 4) is 0 Å². The number of carbonyl (C=O) groups excluding carboxylic acids is 1. The molecule has 18 heavy (non-hydrogen) atoms. The molecule has 1 aromatic carbocycles. The van der Waals surface area contributed by atoms with Gasteiger partial charge in [0.2, 0.25) is 0 Å².